The normalized spacial score (nSPS) is 11.1. The van der Waals surface area contributed by atoms with Crippen molar-refractivity contribution in [2.75, 3.05) is 27.2 Å². The van der Waals surface area contributed by atoms with E-state index in [0.29, 0.717) is 0 Å². The number of aromatic amines is 1. The molecule has 1 aromatic heterocycles. The number of hydrogen-bond donors (Lipinski definition) is 2. The molecule has 0 aliphatic heterocycles. The van der Waals surface area contributed by atoms with Crippen LogP contribution >= 0.6 is 15.9 Å². The first-order valence-corrected chi connectivity index (χ1v) is 5.17. The Morgan fingerprint density at radius 3 is 2.92 bits per heavy atom. The smallest absolute Gasteiger partial charge is 0.0382 e. The van der Waals surface area contributed by atoms with Crippen LogP contribution in [0.25, 0.3) is 0 Å². The van der Waals surface area contributed by atoms with E-state index in [-0.39, 0.29) is 0 Å². The van der Waals surface area contributed by atoms with Crippen LogP contribution in [0.1, 0.15) is 5.69 Å². The second kappa shape index (κ2) is 5.42. The lowest BCUT2D eigenvalue weighted by atomic mass is 10.4. The summed E-state index contributed by atoms with van der Waals surface area (Å²) in [4.78, 5) is 5.48. The molecular weight excluding hydrogens is 230 g/mol. The summed E-state index contributed by atoms with van der Waals surface area (Å²) in [5.41, 5.74) is 1.24. The monoisotopic (exact) mass is 245 g/mol. The SMILES string of the molecule is CNCCN(C)Cc1cc(Br)c[nH]1. The van der Waals surface area contributed by atoms with Crippen molar-refractivity contribution >= 4 is 15.9 Å². The summed E-state index contributed by atoms with van der Waals surface area (Å²) in [5.74, 6) is 0. The van der Waals surface area contributed by atoms with Crippen molar-refractivity contribution in [1.29, 1.82) is 0 Å². The number of aromatic nitrogens is 1. The van der Waals surface area contributed by atoms with Gasteiger partial charge in [-0.05, 0) is 36.1 Å². The zero-order valence-corrected chi connectivity index (χ0v) is 9.69. The van der Waals surface area contributed by atoms with E-state index in [2.05, 4.69) is 44.2 Å². The maximum atomic E-state index is 3.41. The van der Waals surface area contributed by atoms with Gasteiger partial charge in [-0.15, -0.1) is 0 Å². The van der Waals surface area contributed by atoms with Gasteiger partial charge in [0.1, 0.15) is 0 Å². The van der Waals surface area contributed by atoms with Crippen LogP contribution in [-0.2, 0) is 6.54 Å². The minimum Gasteiger partial charge on any atom is -0.363 e. The molecule has 0 aromatic carbocycles. The Balaban J connectivity index is 2.31. The second-order valence-corrected chi connectivity index (χ2v) is 4.10. The van der Waals surface area contributed by atoms with Crippen LogP contribution in [0.15, 0.2) is 16.7 Å². The lowest BCUT2D eigenvalue weighted by Gasteiger charge is -2.14. The molecule has 1 aromatic rings. The first-order chi connectivity index (χ1) is 6.22. The van der Waals surface area contributed by atoms with Crippen molar-refractivity contribution in [3.63, 3.8) is 0 Å². The number of nitrogens with one attached hydrogen (secondary N) is 2. The molecule has 4 heteroatoms. The highest BCUT2D eigenvalue weighted by molar-refractivity contribution is 9.10. The third-order valence-corrected chi connectivity index (χ3v) is 2.35. The molecule has 0 bridgehead atoms. The Kier molecular flexibility index (Phi) is 4.48. The lowest BCUT2D eigenvalue weighted by Crippen LogP contribution is -2.27. The summed E-state index contributed by atoms with van der Waals surface area (Å²) < 4.78 is 1.12. The van der Waals surface area contributed by atoms with Gasteiger partial charge in [-0.3, -0.25) is 4.90 Å². The summed E-state index contributed by atoms with van der Waals surface area (Å²) in [6.45, 7) is 3.05. The van der Waals surface area contributed by atoms with Crippen molar-refractivity contribution in [3.05, 3.63) is 22.4 Å². The molecular formula is C9H16BrN3. The molecule has 0 amide bonds. The molecule has 0 aliphatic carbocycles. The zero-order chi connectivity index (χ0) is 9.68. The average molecular weight is 246 g/mol. The predicted molar refractivity (Wildman–Crippen MR) is 58.8 cm³/mol. The second-order valence-electron chi connectivity index (χ2n) is 3.18. The molecule has 0 saturated carbocycles. The van der Waals surface area contributed by atoms with E-state index in [4.69, 9.17) is 0 Å². The minimum atomic E-state index is 0.966. The van der Waals surface area contributed by atoms with E-state index < -0.39 is 0 Å². The highest BCUT2D eigenvalue weighted by Crippen LogP contribution is 2.11. The Morgan fingerprint density at radius 2 is 2.38 bits per heavy atom. The molecule has 3 nitrogen and oxygen atoms in total. The van der Waals surface area contributed by atoms with E-state index in [0.717, 1.165) is 24.1 Å². The largest absolute Gasteiger partial charge is 0.363 e. The van der Waals surface area contributed by atoms with Gasteiger partial charge in [0.05, 0.1) is 0 Å². The fourth-order valence-corrected chi connectivity index (χ4v) is 1.57. The van der Waals surface area contributed by atoms with E-state index in [9.17, 15) is 0 Å². The molecule has 0 saturated heterocycles. The number of halogens is 1. The Morgan fingerprint density at radius 1 is 1.62 bits per heavy atom. The van der Waals surface area contributed by atoms with Crippen LogP contribution in [0.2, 0.25) is 0 Å². The lowest BCUT2D eigenvalue weighted by molar-refractivity contribution is 0.325. The first-order valence-electron chi connectivity index (χ1n) is 4.38. The molecule has 74 valence electrons. The average Bonchev–Trinajstić information content (AvgIpc) is 2.48. The number of H-pyrrole nitrogens is 1. The van der Waals surface area contributed by atoms with Gasteiger partial charge < -0.3 is 10.3 Å². The van der Waals surface area contributed by atoms with Crippen molar-refractivity contribution in [2.24, 2.45) is 0 Å². The molecule has 1 rings (SSSR count). The summed E-state index contributed by atoms with van der Waals surface area (Å²) in [6.07, 6.45) is 1.96. The van der Waals surface area contributed by atoms with Gasteiger partial charge in [0.25, 0.3) is 0 Å². The number of nitrogens with zero attached hydrogens (tertiary/aromatic N) is 1. The maximum Gasteiger partial charge on any atom is 0.0382 e. The maximum absolute atomic E-state index is 3.41. The quantitative estimate of drug-likeness (QED) is 0.823. The number of rotatable bonds is 5. The van der Waals surface area contributed by atoms with E-state index >= 15 is 0 Å². The summed E-state index contributed by atoms with van der Waals surface area (Å²) in [5, 5.41) is 3.13. The fourth-order valence-electron chi connectivity index (χ4n) is 1.18. The molecule has 1 heterocycles. The highest BCUT2D eigenvalue weighted by Gasteiger charge is 2.00. The minimum absolute atomic E-state index is 0.966. The predicted octanol–water partition coefficient (Wildman–Crippen LogP) is 1.43. The van der Waals surface area contributed by atoms with Crippen LogP contribution in [0.5, 0.6) is 0 Å². The van der Waals surface area contributed by atoms with Crippen molar-refractivity contribution < 1.29 is 0 Å². The number of hydrogen-bond acceptors (Lipinski definition) is 2. The zero-order valence-electron chi connectivity index (χ0n) is 8.10. The van der Waals surface area contributed by atoms with Crippen LogP contribution in [0.3, 0.4) is 0 Å². The molecule has 13 heavy (non-hydrogen) atoms. The molecule has 0 radical (unpaired) electrons. The van der Waals surface area contributed by atoms with Gasteiger partial charge in [0, 0.05) is 36.0 Å². The molecule has 0 unspecified atom stereocenters. The Hall–Kier alpha value is -0.320. The third-order valence-electron chi connectivity index (χ3n) is 1.89. The van der Waals surface area contributed by atoms with E-state index in [1.165, 1.54) is 5.69 Å². The third kappa shape index (κ3) is 3.93. The molecule has 0 aliphatic rings. The van der Waals surface area contributed by atoms with Gasteiger partial charge in [-0.2, -0.15) is 0 Å². The Bertz CT molecular complexity index is 247. The summed E-state index contributed by atoms with van der Waals surface area (Å²) in [7, 11) is 4.09. The molecule has 2 N–H and O–H groups in total. The fraction of sp³-hybridized carbons (Fsp3) is 0.556. The van der Waals surface area contributed by atoms with Gasteiger partial charge in [-0.25, -0.2) is 0 Å². The van der Waals surface area contributed by atoms with Crippen LogP contribution in [0, 0.1) is 0 Å². The topological polar surface area (TPSA) is 31.1 Å². The molecule has 0 fully saturated rings. The first kappa shape index (κ1) is 10.8. The van der Waals surface area contributed by atoms with Gasteiger partial charge in [-0.1, -0.05) is 0 Å². The highest BCUT2D eigenvalue weighted by atomic mass is 79.9. The molecule has 0 atom stereocenters. The van der Waals surface area contributed by atoms with E-state index in [1.54, 1.807) is 0 Å². The van der Waals surface area contributed by atoms with Crippen molar-refractivity contribution in [3.8, 4) is 0 Å². The Labute approximate surface area is 87.6 Å². The van der Waals surface area contributed by atoms with Crippen molar-refractivity contribution in [2.45, 2.75) is 6.54 Å². The van der Waals surface area contributed by atoms with E-state index in [1.807, 2.05) is 13.2 Å². The molecule has 0 spiro atoms. The van der Waals surface area contributed by atoms with Crippen LogP contribution in [0.4, 0.5) is 0 Å². The number of likely N-dealkylation sites (N-methyl/N-ethyl adjacent to an activating group) is 2. The summed E-state index contributed by atoms with van der Waals surface area (Å²) in [6, 6.07) is 2.11. The van der Waals surface area contributed by atoms with Gasteiger partial charge in [0.2, 0.25) is 0 Å². The van der Waals surface area contributed by atoms with Gasteiger partial charge in [0.15, 0.2) is 0 Å². The van der Waals surface area contributed by atoms with Crippen LogP contribution < -0.4 is 5.32 Å². The van der Waals surface area contributed by atoms with Crippen LogP contribution in [-0.4, -0.2) is 37.1 Å². The van der Waals surface area contributed by atoms with Crippen molar-refractivity contribution in [1.82, 2.24) is 15.2 Å². The summed E-state index contributed by atoms with van der Waals surface area (Å²) >= 11 is 3.41. The van der Waals surface area contributed by atoms with Gasteiger partial charge >= 0.3 is 0 Å². The standard InChI is InChI=1S/C9H16BrN3/c1-11-3-4-13(2)7-9-5-8(10)6-12-9/h5-6,11-12H,3-4,7H2,1-2H3.